The molecule has 1 saturated carbocycles. The van der Waals surface area contributed by atoms with Crippen molar-refractivity contribution in [3.05, 3.63) is 15.9 Å². The summed E-state index contributed by atoms with van der Waals surface area (Å²) in [5.41, 5.74) is 1.49. The topological polar surface area (TPSA) is 17.3 Å². The average Bonchev–Trinajstić information content (AvgIpc) is 2.72. The van der Waals surface area contributed by atoms with Gasteiger partial charge >= 0.3 is 0 Å². The Balaban J connectivity index is 2.35. The first-order chi connectivity index (χ1) is 6.33. The zero-order valence-corrected chi connectivity index (χ0v) is 9.10. The van der Waals surface area contributed by atoms with Gasteiger partial charge in [0, 0.05) is 31.1 Å². The summed E-state index contributed by atoms with van der Waals surface area (Å²) in [6.45, 7) is 0. The molecule has 1 aromatic heterocycles. The van der Waals surface area contributed by atoms with E-state index in [4.69, 9.17) is 0 Å². The number of nitrogens with zero attached hydrogens (tertiary/aromatic N) is 2. The van der Waals surface area contributed by atoms with E-state index in [9.17, 15) is 0 Å². The van der Waals surface area contributed by atoms with Crippen LogP contribution in [0.4, 0.5) is 0 Å². The standard InChI is InChI=1S/C10H16N2S/c1-11-10-12(2)9(7-13-10)8-5-3-4-6-8/h7-8H,3-6H2,1-2H3. The van der Waals surface area contributed by atoms with Gasteiger partial charge in [-0.05, 0) is 12.8 Å². The maximum absolute atomic E-state index is 4.24. The molecule has 0 N–H and O–H groups in total. The lowest BCUT2D eigenvalue weighted by Crippen LogP contribution is -2.14. The van der Waals surface area contributed by atoms with Gasteiger partial charge in [0.15, 0.2) is 4.80 Å². The Morgan fingerprint density at radius 2 is 2.15 bits per heavy atom. The monoisotopic (exact) mass is 196 g/mol. The molecular weight excluding hydrogens is 180 g/mol. The predicted octanol–water partition coefficient (Wildman–Crippen LogP) is 2.27. The molecular formula is C10H16N2S. The molecule has 1 aliphatic rings. The van der Waals surface area contributed by atoms with Gasteiger partial charge in [0.05, 0.1) is 0 Å². The van der Waals surface area contributed by atoms with Crippen LogP contribution >= 0.6 is 11.3 Å². The largest absolute Gasteiger partial charge is 0.324 e. The van der Waals surface area contributed by atoms with Crippen LogP contribution in [0.3, 0.4) is 0 Å². The molecule has 13 heavy (non-hydrogen) atoms. The smallest absolute Gasteiger partial charge is 0.184 e. The summed E-state index contributed by atoms with van der Waals surface area (Å²) in [5, 5.41) is 2.28. The molecule has 1 heterocycles. The fourth-order valence-electron chi connectivity index (χ4n) is 2.18. The molecule has 0 aliphatic heterocycles. The average molecular weight is 196 g/mol. The Bertz CT molecular complexity index is 342. The fraction of sp³-hybridized carbons (Fsp3) is 0.700. The lowest BCUT2D eigenvalue weighted by atomic mass is 10.1. The summed E-state index contributed by atoms with van der Waals surface area (Å²) in [6.07, 6.45) is 5.54. The van der Waals surface area contributed by atoms with Crippen LogP contribution in [0.5, 0.6) is 0 Å². The molecule has 1 aliphatic carbocycles. The van der Waals surface area contributed by atoms with E-state index < -0.39 is 0 Å². The lowest BCUT2D eigenvalue weighted by molar-refractivity contribution is 0.645. The number of aromatic nitrogens is 1. The van der Waals surface area contributed by atoms with Gasteiger partial charge in [-0.2, -0.15) is 0 Å². The van der Waals surface area contributed by atoms with Gasteiger partial charge < -0.3 is 4.57 Å². The molecule has 1 aromatic rings. The van der Waals surface area contributed by atoms with Crippen LogP contribution in [-0.2, 0) is 7.05 Å². The summed E-state index contributed by atoms with van der Waals surface area (Å²) >= 11 is 1.76. The first-order valence-electron chi connectivity index (χ1n) is 4.90. The van der Waals surface area contributed by atoms with Crippen molar-refractivity contribution in [2.45, 2.75) is 31.6 Å². The van der Waals surface area contributed by atoms with Crippen molar-refractivity contribution >= 4 is 11.3 Å². The van der Waals surface area contributed by atoms with E-state index in [0.29, 0.717) is 0 Å². The second-order valence-corrected chi connectivity index (χ2v) is 4.54. The first-order valence-corrected chi connectivity index (χ1v) is 5.78. The van der Waals surface area contributed by atoms with Crippen molar-refractivity contribution in [3.63, 3.8) is 0 Å². The minimum absolute atomic E-state index is 0.803. The van der Waals surface area contributed by atoms with Gasteiger partial charge in [0.1, 0.15) is 0 Å². The minimum atomic E-state index is 0.803. The van der Waals surface area contributed by atoms with E-state index in [1.54, 1.807) is 11.3 Å². The lowest BCUT2D eigenvalue weighted by Gasteiger charge is -2.09. The first kappa shape index (κ1) is 9.00. The molecule has 0 aromatic carbocycles. The van der Waals surface area contributed by atoms with Crippen LogP contribution in [-0.4, -0.2) is 11.6 Å². The summed E-state index contributed by atoms with van der Waals surface area (Å²) in [7, 11) is 4.00. The Kier molecular flexibility index (Phi) is 2.54. The summed E-state index contributed by atoms with van der Waals surface area (Å²) in [5.74, 6) is 0.803. The molecule has 2 rings (SSSR count). The number of rotatable bonds is 1. The molecule has 72 valence electrons. The summed E-state index contributed by atoms with van der Waals surface area (Å²) in [6, 6.07) is 0. The van der Waals surface area contributed by atoms with Gasteiger partial charge in [-0.3, -0.25) is 4.99 Å². The van der Waals surface area contributed by atoms with E-state index in [2.05, 4.69) is 22.0 Å². The van der Waals surface area contributed by atoms with Crippen LogP contribution < -0.4 is 4.80 Å². The zero-order chi connectivity index (χ0) is 9.26. The van der Waals surface area contributed by atoms with Gasteiger partial charge in [-0.15, -0.1) is 11.3 Å². The molecule has 0 bridgehead atoms. The van der Waals surface area contributed by atoms with Crippen molar-refractivity contribution in [2.75, 3.05) is 7.05 Å². The SMILES string of the molecule is CN=c1scc(C2CCCC2)n1C. The van der Waals surface area contributed by atoms with E-state index in [0.717, 1.165) is 10.7 Å². The minimum Gasteiger partial charge on any atom is -0.324 e. The highest BCUT2D eigenvalue weighted by molar-refractivity contribution is 7.07. The molecule has 0 unspecified atom stereocenters. The van der Waals surface area contributed by atoms with Gasteiger partial charge in [0.25, 0.3) is 0 Å². The highest BCUT2D eigenvalue weighted by Crippen LogP contribution is 2.33. The molecule has 0 saturated heterocycles. The molecule has 0 atom stereocenters. The maximum atomic E-state index is 4.24. The Hall–Kier alpha value is -0.570. The van der Waals surface area contributed by atoms with Gasteiger partial charge in [-0.1, -0.05) is 12.8 Å². The second-order valence-electron chi connectivity index (χ2n) is 3.71. The van der Waals surface area contributed by atoms with Crippen molar-refractivity contribution < 1.29 is 0 Å². The third-order valence-electron chi connectivity index (χ3n) is 2.92. The number of thiazole rings is 1. The van der Waals surface area contributed by atoms with Crippen LogP contribution in [0.15, 0.2) is 10.4 Å². The quantitative estimate of drug-likeness (QED) is 0.655. The van der Waals surface area contributed by atoms with E-state index in [-0.39, 0.29) is 0 Å². The van der Waals surface area contributed by atoms with E-state index >= 15 is 0 Å². The highest BCUT2D eigenvalue weighted by Gasteiger charge is 2.19. The van der Waals surface area contributed by atoms with Crippen LogP contribution in [0, 0.1) is 0 Å². The van der Waals surface area contributed by atoms with E-state index in [1.165, 1.54) is 31.4 Å². The third-order valence-corrected chi connectivity index (χ3v) is 3.95. The Morgan fingerprint density at radius 3 is 2.69 bits per heavy atom. The predicted molar refractivity (Wildman–Crippen MR) is 56.0 cm³/mol. The molecule has 0 spiro atoms. The Morgan fingerprint density at radius 1 is 1.46 bits per heavy atom. The molecule has 0 radical (unpaired) electrons. The summed E-state index contributed by atoms with van der Waals surface area (Å²) < 4.78 is 2.25. The van der Waals surface area contributed by atoms with Crippen molar-refractivity contribution in [1.82, 2.24) is 4.57 Å². The van der Waals surface area contributed by atoms with Crippen molar-refractivity contribution in [2.24, 2.45) is 12.0 Å². The molecule has 3 heteroatoms. The number of hydrogen-bond donors (Lipinski definition) is 0. The Labute approximate surface area is 82.9 Å². The third kappa shape index (κ3) is 1.57. The summed E-state index contributed by atoms with van der Waals surface area (Å²) in [4.78, 5) is 5.38. The zero-order valence-electron chi connectivity index (χ0n) is 8.29. The highest BCUT2D eigenvalue weighted by atomic mass is 32.1. The van der Waals surface area contributed by atoms with Crippen LogP contribution in [0.25, 0.3) is 0 Å². The number of hydrogen-bond acceptors (Lipinski definition) is 2. The fourth-order valence-corrected chi connectivity index (χ4v) is 3.12. The van der Waals surface area contributed by atoms with Gasteiger partial charge in [-0.25, -0.2) is 0 Å². The molecule has 2 nitrogen and oxygen atoms in total. The normalized spacial score (nSPS) is 20.0. The van der Waals surface area contributed by atoms with Crippen molar-refractivity contribution in [1.29, 1.82) is 0 Å². The molecule has 1 fully saturated rings. The van der Waals surface area contributed by atoms with Crippen LogP contribution in [0.1, 0.15) is 37.3 Å². The van der Waals surface area contributed by atoms with Crippen molar-refractivity contribution in [3.8, 4) is 0 Å². The molecule has 0 amide bonds. The second kappa shape index (κ2) is 3.66. The van der Waals surface area contributed by atoms with Gasteiger partial charge in [0.2, 0.25) is 0 Å². The maximum Gasteiger partial charge on any atom is 0.184 e. The van der Waals surface area contributed by atoms with Crippen LogP contribution in [0.2, 0.25) is 0 Å². The van der Waals surface area contributed by atoms with E-state index in [1.807, 2.05) is 7.05 Å².